The molecule has 2 nitrogen and oxygen atoms in total. The van der Waals surface area contributed by atoms with Crippen LogP contribution in [0.2, 0.25) is 5.02 Å². The van der Waals surface area contributed by atoms with Gasteiger partial charge in [-0.15, -0.1) is 0 Å². The molecule has 0 saturated carbocycles. The molecule has 12 heavy (non-hydrogen) atoms. The molecule has 0 aliphatic carbocycles. The Morgan fingerprint density at radius 3 is 2.58 bits per heavy atom. The normalized spacial score (nSPS) is 10.2. The Labute approximate surface area is 76.7 Å². The summed E-state index contributed by atoms with van der Waals surface area (Å²) < 4.78 is 4.48. The van der Waals surface area contributed by atoms with Crippen molar-refractivity contribution in [2.24, 2.45) is 0 Å². The van der Waals surface area contributed by atoms with E-state index in [1.165, 1.54) is 6.26 Å². The number of benzene rings is 1. The van der Waals surface area contributed by atoms with Gasteiger partial charge >= 0.3 is 7.69 Å². The van der Waals surface area contributed by atoms with Crippen LogP contribution in [-0.2, 0) is 4.65 Å². The van der Waals surface area contributed by atoms with E-state index in [0.29, 0.717) is 12.7 Å². The second-order valence-electron chi connectivity index (χ2n) is 2.10. The van der Waals surface area contributed by atoms with Crippen LogP contribution in [0.1, 0.15) is 5.56 Å². The average Bonchev–Trinajstić information content (AvgIpc) is 2.09. The first-order valence-electron chi connectivity index (χ1n) is 3.36. The molecule has 1 radical (unpaired) electrons. The standard InChI is InChI=1S/C8H7BClO2/c10-8-3-1-7(2-4-8)5-6-12-9-11/h1-6,11H/b6-5+. The van der Waals surface area contributed by atoms with Crippen molar-refractivity contribution in [3.63, 3.8) is 0 Å². The van der Waals surface area contributed by atoms with Crippen LogP contribution >= 0.6 is 11.6 Å². The fourth-order valence-electron chi connectivity index (χ4n) is 0.727. The van der Waals surface area contributed by atoms with Gasteiger partial charge in [0.25, 0.3) is 0 Å². The van der Waals surface area contributed by atoms with E-state index in [-0.39, 0.29) is 0 Å². The molecule has 0 atom stereocenters. The van der Waals surface area contributed by atoms with Crippen molar-refractivity contribution in [2.45, 2.75) is 0 Å². The predicted molar refractivity (Wildman–Crippen MR) is 49.5 cm³/mol. The highest BCUT2D eigenvalue weighted by Gasteiger charge is 1.87. The zero-order valence-electron chi connectivity index (χ0n) is 6.27. The molecule has 1 N–H and O–H groups in total. The number of halogens is 1. The number of hydrogen-bond donors (Lipinski definition) is 1. The Balaban J connectivity index is 2.58. The third kappa shape index (κ3) is 2.99. The van der Waals surface area contributed by atoms with Gasteiger partial charge in [0.15, 0.2) is 0 Å². The van der Waals surface area contributed by atoms with Crippen molar-refractivity contribution in [1.82, 2.24) is 0 Å². The van der Waals surface area contributed by atoms with Crippen LogP contribution in [0.25, 0.3) is 6.08 Å². The van der Waals surface area contributed by atoms with Crippen molar-refractivity contribution in [1.29, 1.82) is 0 Å². The second kappa shape index (κ2) is 4.85. The summed E-state index contributed by atoms with van der Waals surface area (Å²) in [7, 11) is 0.617. The maximum atomic E-state index is 8.17. The summed E-state index contributed by atoms with van der Waals surface area (Å²) in [6.07, 6.45) is 3.09. The second-order valence-corrected chi connectivity index (χ2v) is 2.53. The van der Waals surface area contributed by atoms with Gasteiger partial charge in [-0.2, -0.15) is 0 Å². The van der Waals surface area contributed by atoms with E-state index in [1.54, 1.807) is 18.2 Å². The van der Waals surface area contributed by atoms with Crippen molar-refractivity contribution < 1.29 is 9.68 Å². The topological polar surface area (TPSA) is 29.5 Å². The molecular formula is C8H7BClO2. The highest BCUT2D eigenvalue weighted by atomic mass is 35.5. The van der Waals surface area contributed by atoms with Crippen molar-refractivity contribution in [2.75, 3.05) is 0 Å². The molecule has 0 unspecified atom stereocenters. The summed E-state index contributed by atoms with van der Waals surface area (Å²) in [5, 5.41) is 8.86. The van der Waals surface area contributed by atoms with Gasteiger partial charge in [0, 0.05) is 5.02 Å². The zero-order chi connectivity index (χ0) is 8.81. The first kappa shape index (κ1) is 9.17. The fourth-order valence-corrected chi connectivity index (χ4v) is 0.853. The number of rotatable bonds is 3. The van der Waals surface area contributed by atoms with Gasteiger partial charge in [0.05, 0.1) is 6.26 Å². The molecular weight excluding hydrogens is 174 g/mol. The summed E-state index contributed by atoms with van der Waals surface area (Å²) in [6, 6.07) is 7.26. The molecule has 0 saturated heterocycles. The molecule has 0 fully saturated rings. The van der Waals surface area contributed by atoms with Crippen LogP contribution < -0.4 is 0 Å². The minimum Gasteiger partial charge on any atom is -0.543 e. The Kier molecular flexibility index (Phi) is 3.71. The van der Waals surface area contributed by atoms with E-state index in [9.17, 15) is 0 Å². The van der Waals surface area contributed by atoms with Gasteiger partial charge < -0.3 is 9.68 Å². The summed E-state index contributed by atoms with van der Waals surface area (Å²) in [4.78, 5) is 0. The Morgan fingerprint density at radius 2 is 2.00 bits per heavy atom. The molecule has 61 valence electrons. The third-order valence-electron chi connectivity index (χ3n) is 1.27. The quantitative estimate of drug-likeness (QED) is 0.570. The molecule has 1 aromatic carbocycles. The molecule has 0 aliphatic rings. The fraction of sp³-hybridized carbons (Fsp3) is 0. The Hall–Kier alpha value is -0.925. The SMILES string of the molecule is O[B]O/C=C/c1ccc(Cl)cc1. The maximum Gasteiger partial charge on any atom is 0.569 e. The van der Waals surface area contributed by atoms with Gasteiger partial charge in [0.2, 0.25) is 0 Å². The molecule has 0 spiro atoms. The van der Waals surface area contributed by atoms with Crippen LogP contribution in [0.5, 0.6) is 0 Å². The van der Waals surface area contributed by atoms with Crippen LogP contribution in [0, 0.1) is 0 Å². The summed E-state index contributed by atoms with van der Waals surface area (Å²) in [5.74, 6) is 0. The highest BCUT2D eigenvalue weighted by Crippen LogP contribution is 2.10. The Morgan fingerprint density at radius 1 is 1.33 bits per heavy atom. The minimum atomic E-state index is 0.617. The molecule has 1 rings (SSSR count). The van der Waals surface area contributed by atoms with Crippen molar-refractivity contribution in [3.05, 3.63) is 41.1 Å². The maximum absolute atomic E-state index is 8.17. The average molecular weight is 181 g/mol. The van der Waals surface area contributed by atoms with Gasteiger partial charge in [0.1, 0.15) is 0 Å². The minimum absolute atomic E-state index is 0.617. The van der Waals surface area contributed by atoms with E-state index < -0.39 is 0 Å². The van der Waals surface area contributed by atoms with Gasteiger partial charge in [-0.3, -0.25) is 0 Å². The summed E-state index contributed by atoms with van der Waals surface area (Å²) in [5.41, 5.74) is 0.959. The summed E-state index contributed by atoms with van der Waals surface area (Å²) >= 11 is 5.67. The largest absolute Gasteiger partial charge is 0.569 e. The van der Waals surface area contributed by atoms with Gasteiger partial charge in [-0.05, 0) is 23.8 Å². The highest BCUT2D eigenvalue weighted by molar-refractivity contribution is 6.30. The molecule has 0 aliphatic heterocycles. The smallest absolute Gasteiger partial charge is 0.543 e. The predicted octanol–water partition coefficient (Wildman–Crippen LogP) is 1.85. The lowest BCUT2D eigenvalue weighted by atomic mass is 10.2. The van der Waals surface area contributed by atoms with E-state index in [1.807, 2.05) is 12.1 Å². The van der Waals surface area contributed by atoms with E-state index in [0.717, 1.165) is 5.56 Å². The zero-order valence-corrected chi connectivity index (χ0v) is 7.03. The first-order chi connectivity index (χ1) is 5.83. The molecule has 0 heterocycles. The Bertz CT molecular complexity index is 258. The van der Waals surface area contributed by atoms with Crippen molar-refractivity contribution >= 4 is 25.4 Å². The molecule has 0 bridgehead atoms. The van der Waals surface area contributed by atoms with Crippen LogP contribution in [0.4, 0.5) is 0 Å². The lowest BCUT2D eigenvalue weighted by Gasteiger charge is -1.93. The third-order valence-corrected chi connectivity index (χ3v) is 1.52. The molecule has 1 aromatic rings. The number of hydrogen-bond acceptors (Lipinski definition) is 2. The lowest BCUT2D eigenvalue weighted by molar-refractivity contribution is 0.408. The van der Waals surface area contributed by atoms with Crippen LogP contribution in [-0.4, -0.2) is 12.7 Å². The molecule has 0 amide bonds. The summed E-state index contributed by atoms with van der Waals surface area (Å²) in [6.45, 7) is 0. The van der Waals surface area contributed by atoms with Crippen LogP contribution in [0.3, 0.4) is 0 Å². The first-order valence-corrected chi connectivity index (χ1v) is 3.74. The van der Waals surface area contributed by atoms with E-state index >= 15 is 0 Å². The molecule has 0 aromatic heterocycles. The van der Waals surface area contributed by atoms with Crippen LogP contribution in [0.15, 0.2) is 30.5 Å². The van der Waals surface area contributed by atoms with Gasteiger partial charge in [-0.1, -0.05) is 23.7 Å². The lowest BCUT2D eigenvalue weighted by Crippen LogP contribution is -1.86. The van der Waals surface area contributed by atoms with E-state index in [4.69, 9.17) is 16.6 Å². The molecule has 4 heteroatoms. The monoisotopic (exact) mass is 181 g/mol. The van der Waals surface area contributed by atoms with Crippen molar-refractivity contribution in [3.8, 4) is 0 Å². The van der Waals surface area contributed by atoms with Gasteiger partial charge in [-0.25, -0.2) is 0 Å². The van der Waals surface area contributed by atoms with E-state index in [2.05, 4.69) is 4.65 Å².